The number of fused-ring (bicyclic) bond motifs is 2. The summed E-state index contributed by atoms with van der Waals surface area (Å²) in [5.41, 5.74) is 1.51. The molecule has 4 heterocycles. The van der Waals surface area contributed by atoms with Gasteiger partial charge in [-0.3, -0.25) is 5.10 Å². The summed E-state index contributed by atoms with van der Waals surface area (Å²) in [6.07, 6.45) is 2.47. The molecule has 2 aromatic heterocycles. The van der Waals surface area contributed by atoms with Crippen LogP contribution in [0.25, 0.3) is 11.3 Å². The molecule has 5 rings (SSSR count). The third-order valence-electron chi connectivity index (χ3n) is 4.45. The first-order chi connectivity index (χ1) is 12.1. The number of H-pyrrole nitrogens is 1. The zero-order valence-electron chi connectivity index (χ0n) is 12.8. The second kappa shape index (κ2) is 5.13. The van der Waals surface area contributed by atoms with Crippen LogP contribution in [-0.2, 0) is 6.54 Å². The van der Waals surface area contributed by atoms with E-state index >= 15 is 0 Å². The van der Waals surface area contributed by atoms with Gasteiger partial charge >= 0.3 is 0 Å². The van der Waals surface area contributed by atoms with Crippen molar-refractivity contribution >= 4 is 28.9 Å². The number of nitrogens with zero attached hydrogens (tertiary/aromatic N) is 5. The topological polar surface area (TPSA) is 62.1 Å². The maximum absolute atomic E-state index is 14.5. The van der Waals surface area contributed by atoms with E-state index in [1.165, 1.54) is 18.2 Å². The summed E-state index contributed by atoms with van der Waals surface area (Å²) in [6, 6.07) is 3.76. The summed E-state index contributed by atoms with van der Waals surface area (Å²) in [5, 5.41) is 11.4. The quantitative estimate of drug-likeness (QED) is 0.722. The summed E-state index contributed by atoms with van der Waals surface area (Å²) in [7, 11) is 0. The standard InChI is InChI=1S/C16H11ClF2N6/c17-14-13-12(22-23-14)8-7-20-25-6-2-5-24(16(8)25)15(21-13)11-9(18)3-1-4-10(11)19/h1,3-4,7H,2,5-6H2,(H,22,23). The van der Waals surface area contributed by atoms with E-state index in [1.807, 2.05) is 0 Å². The lowest BCUT2D eigenvalue weighted by Gasteiger charge is -2.30. The lowest BCUT2D eigenvalue weighted by molar-refractivity contribution is 0.543. The number of benzene rings is 1. The number of aromatic nitrogens is 4. The van der Waals surface area contributed by atoms with Crippen LogP contribution in [0.2, 0.25) is 5.15 Å². The molecule has 0 amide bonds. The summed E-state index contributed by atoms with van der Waals surface area (Å²) in [4.78, 5) is 6.29. The molecule has 9 heteroatoms. The molecule has 1 aromatic carbocycles. The maximum Gasteiger partial charge on any atom is 0.177 e. The minimum atomic E-state index is -0.681. The van der Waals surface area contributed by atoms with Gasteiger partial charge in [-0.25, -0.2) is 18.5 Å². The van der Waals surface area contributed by atoms with Crippen LogP contribution < -0.4 is 4.90 Å². The second-order valence-corrected chi connectivity index (χ2v) is 6.24. The van der Waals surface area contributed by atoms with E-state index in [0.717, 1.165) is 24.3 Å². The van der Waals surface area contributed by atoms with Crippen LogP contribution in [0.15, 0.2) is 29.4 Å². The third-order valence-corrected chi connectivity index (χ3v) is 4.71. The predicted octanol–water partition coefficient (Wildman–Crippen LogP) is 3.51. The second-order valence-electron chi connectivity index (χ2n) is 5.88. The number of anilines is 1. The molecule has 0 unspecified atom stereocenters. The molecule has 0 fully saturated rings. The Kier molecular flexibility index (Phi) is 2.99. The van der Waals surface area contributed by atoms with Crippen molar-refractivity contribution in [2.75, 3.05) is 11.4 Å². The monoisotopic (exact) mass is 360 g/mol. The number of hydrogen-bond donors (Lipinski definition) is 1. The first-order valence-corrected chi connectivity index (χ1v) is 8.13. The third kappa shape index (κ3) is 1.97. The number of aliphatic imine (C=N–C) groups is 1. The fourth-order valence-corrected chi connectivity index (χ4v) is 3.55. The average molecular weight is 361 g/mol. The van der Waals surface area contributed by atoms with Gasteiger partial charge in [-0.15, -0.1) is 0 Å². The van der Waals surface area contributed by atoms with Gasteiger partial charge in [-0.05, 0) is 18.6 Å². The van der Waals surface area contributed by atoms with Crippen molar-refractivity contribution in [2.45, 2.75) is 13.0 Å². The van der Waals surface area contributed by atoms with Gasteiger partial charge in [0.05, 0.1) is 23.0 Å². The zero-order valence-corrected chi connectivity index (χ0v) is 13.6. The van der Waals surface area contributed by atoms with Gasteiger partial charge in [0.2, 0.25) is 0 Å². The summed E-state index contributed by atoms with van der Waals surface area (Å²) < 4.78 is 30.8. The highest BCUT2D eigenvalue weighted by Gasteiger charge is 2.34. The van der Waals surface area contributed by atoms with Crippen molar-refractivity contribution in [3.63, 3.8) is 0 Å². The van der Waals surface area contributed by atoms with E-state index in [-0.39, 0.29) is 16.6 Å². The van der Waals surface area contributed by atoms with E-state index in [1.54, 1.807) is 15.8 Å². The Bertz CT molecular complexity index is 1020. The van der Waals surface area contributed by atoms with Crippen LogP contribution in [0, 0.1) is 11.6 Å². The molecule has 0 aliphatic carbocycles. The molecule has 126 valence electrons. The Labute approximate surface area is 145 Å². The van der Waals surface area contributed by atoms with Crippen molar-refractivity contribution in [1.82, 2.24) is 20.0 Å². The van der Waals surface area contributed by atoms with Crippen LogP contribution in [-0.4, -0.2) is 32.4 Å². The van der Waals surface area contributed by atoms with Gasteiger partial charge in [0.25, 0.3) is 0 Å². The van der Waals surface area contributed by atoms with Gasteiger partial charge in [0, 0.05) is 13.1 Å². The minimum Gasteiger partial charge on any atom is -0.310 e. The summed E-state index contributed by atoms with van der Waals surface area (Å²) in [5.74, 6) is -0.466. The average Bonchev–Trinajstić information content (AvgIpc) is 3.13. The number of rotatable bonds is 1. The Morgan fingerprint density at radius 2 is 1.96 bits per heavy atom. The SMILES string of the molecule is Fc1cccc(F)c1C1=Nc2c(Cl)n[nH]c2-c2cnn3c2N1CCC3. The highest BCUT2D eigenvalue weighted by molar-refractivity contribution is 6.33. The highest BCUT2D eigenvalue weighted by Crippen LogP contribution is 2.44. The lowest BCUT2D eigenvalue weighted by atomic mass is 10.1. The van der Waals surface area contributed by atoms with Gasteiger partial charge in [0.15, 0.2) is 5.15 Å². The van der Waals surface area contributed by atoms with E-state index in [4.69, 9.17) is 11.6 Å². The molecule has 0 atom stereocenters. The largest absolute Gasteiger partial charge is 0.310 e. The first-order valence-electron chi connectivity index (χ1n) is 7.76. The van der Waals surface area contributed by atoms with Gasteiger partial charge in [-0.1, -0.05) is 17.7 Å². The molecule has 2 aliphatic rings. The van der Waals surface area contributed by atoms with E-state index in [0.29, 0.717) is 17.9 Å². The zero-order chi connectivity index (χ0) is 17.1. The lowest BCUT2D eigenvalue weighted by Crippen LogP contribution is -2.39. The van der Waals surface area contributed by atoms with Crippen molar-refractivity contribution in [3.8, 4) is 11.3 Å². The molecule has 0 bridgehead atoms. The van der Waals surface area contributed by atoms with Gasteiger partial charge in [-0.2, -0.15) is 10.2 Å². The predicted molar refractivity (Wildman–Crippen MR) is 89.3 cm³/mol. The molecule has 3 aromatic rings. The molecule has 1 N–H and O–H groups in total. The smallest absolute Gasteiger partial charge is 0.177 e. The van der Waals surface area contributed by atoms with Crippen molar-refractivity contribution in [3.05, 3.63) is 46.7 Å². The molecule has 0 saturated heterocycles. The molecule has 6 nitrogen and oxygen atoms in total. The number of nitrogens with one attached hydrogen (secondary N) is 1. The van der Waals surface area contributed by atoms with Crippen LogP contribution in [0.3, 0.4) is 0 Å². The van der Waals surface area contributed by atoms with Crippen molar-refractivity contribution in [1.29, 1.82) is 0 Å². The number of amidine groups is 1. The fraction of sp³-hybridized carbons (Fsp3) is 0.188. The van der Waals surface area contributed by atoms with E-state index in [2.05, 4.69) is 20.3 Å². The number of hydrogen-bond acceptors (Lipinski definition) is 4. The molecule has 0 saturated carbocycles. The van der Waals surface area contributed by atoms with E-state index in [9.17, 15) is 8.78 Å². The Morgan fingerprint density at radius 1 is 1.16 bits per heavy atom. The molecule has 0 radical (unpaired) electrons. The van der Waals surface area contributed by atoms with Crippen LogP contribution >= 0.6 is 11.6 Å². The minimum absolute atomic E-state index is 0.143. The molecule has 2 aliphatic heterocycles. The Morgan fingerprint density at radius 3 is 2.76 bits per heavy atom. The Balaban J connectivity index is 1.87. The van der Waals surface area contributed by atoms with Crippen molar-refractivity contribution in [2.24, 2.45) is 4.99 Å². The first kappa shape index (κ1) is 14.6. The highest BCUT2D eigenvalue weighted by atomic mass is 35.5. The van der Waals surface area contributed by atoms with Gasteiger partial charge < -0.3 is 4.90 Å². The Hall–Kier alpha value is -2.74. The number of aryl methyl sites for hydroxylation is 1. The number of halogens is 3. The van der Waals surface area contributed by atoms with Gasteiger partial charge in [0.1, 0.15) is 29.0 Å². The summed E-state index contributed by atoms with van der Waals surface area (Å²) in [6.45, 7) is 1.29. The summed E-state index contributed by atoms with van der Waals surface area (Å²) >= 11 is 6.16. The normalized spacial score (nSPS) is 15.5. The van der Waals surface area contributed by atoms with Crippen molar-refractivity contribution < 1.29 is 8.78 Å². The fourth-order valence-electron chi connectivity index (χ4n) is 3.37. The maximum atomic E-state index is 14.5. The molecular formula is C16H11ClF2N6. The molecule has 0 spiro atoms. The van der Waals surface area contributed by atoms with Crippen LogP contribution in [0.5, 0.6) is 0 Å². The van der Waals surface area contributed by atoms with Crippen LogP contribution in [0.1, 0.15) is 12.0 Å². The van der Waals surface area contributed by atoms with Crippen LogP contribution in [0.4, 0.5) is 20.3 Å². The van der Waals surface area contributed by atoms with E-state index < -0.39 is 11.6 Å². The number of aromatic amines is 1. The molecule has 25 heavy (non-hydrogen) atoms. The molecular weight excluding hydrogens is 350 g/mol.